The third-order valence-corrected chi connectivity index (χ3v) is 3.98. The van der Waals surface area contributed by atoms with E-state index in [4.69, 9.17) is 0 Å². The van der Waals surface area contributed by atoms with Gasteiger partial charge in [-0.25, -0.2) is 0 Å². The van der Waals surface area contributed by atoms with E-state index in [2.05, 4.69) is 42.2 Å². The molecule has 1 fully saturated rings. The molecule has 1 aromatic heterocycles. The topological polar surface area (TPSA) is 17.0 Å². The first-order chi connectivity index (χ1) is 8.33. The van der Waals surface area contributed by atoms with E-state index in [1.54, 1.807) is 0 Å². The minimum Gasteiger partial charge on any atom is -0.354 e. The summed E-state index contributed by atoms with van der Waals surface area (Å²) in [4.78, 5) is 0. The molecule has 2 nitrogen and oxygen atoms in total. The summed E-state index contributed by atoms with van der Waals surface area (Å²) in [6.07, 6.45) is 11.5. The van der Waals surface area contributed by atoms with Crippen molar-refractivity contribution in [3.8, 4) is 0 Å². The van der Waals surface area contributed by atoms with E-state index in [1.807, 2.05) is 0 Å². The smallest absolute Gasteiger partial charge is 0.0332 e. The number of nitrogens with zero attached hydrogens (tertiary/aromatic N) is 1. The van der Waals surface area contributed by atoms with Crippen LogP contribution in [-0.4, -0.2) is 11.1 Å². The van der Waals surface area contributed by atoms with Gasteiger partial charge in [0.1, 0.15) is 0 Å². The first-order valence-corrected chi connectivity index (χ1v) is 7.22. The van der Waals surface area contributed by atoms with Crippen LogP contribution in [0.3, 0.4) is 0 Å². The van der Waals surface area contributed by atoms with Crippen LogP contribution < -0.4 is 5.32 Å². The molecule has 0 amide bonds. The molecule has 1 N–H and O–H groups in total. The molecule has 2 heteroatoms. The minimum absolute atomic E-state index is 0.532. The highest BCUT2D eigenvalue weighted by atomic mass is 15.0. The highest BCUT2D eigenvalue weighted by Gasteiger charge is 2.16. The highest BCUT2D eigenvalue weighted by Crippen LogP contribution is 2.27. The summed E-state index contributed by atoms with van der Waals surface area (Å²) >= 11 is 0. The van der Waals surface area contributed by atoms with Gasteiger partial charge in [-0.1, -0.05) is 26.7 Å². The van der Waals surface area contributed by atoms with Crippen LogP contribution in [0, 0.1) is 5.92 Å². The Kier molecular flexibility index (Phi) is 4.66. The van der Waals surface area contributed by atoms with Gasteiger partial charge in [0, 0.05) is 25.0 Å². The van der Waals surface area contributed by atoms with E-state index in [9.17, 15) is 0 Å². The largest absolute Gasteiger partial charge is 0.354 e. The Bertz CT molecular complexity index is 323. The van der Waals surface area contributed by atoms with E-state index in [1.165, 1.54) is 44.2 Å². The Morgan fingerprint density at radius 3 is 2.76 bits per heavy atom. The van der Waals surface area contributed by atoms with Gasteiger partial charge in [0.25, 0.3) is 0 Å². The zero-order valence-electron chi connectivity index (χ0n) is 11.3. The first-order valence-electron chi connectivity index (χ1n) is 7.22. The fourth-order valence-corrected chi connectivity index (χ4v) is 3.01. The summed E-state index contributed by atoms with van der Waals surface area (Å²) in [6, 6.07) is 2.82. The molecule has 0 bridgehead atoms. The third-order valence-electron chi connectivity index (χ3n) is 3.98. The number of aromatic nitrogens is 1. The lowest BCUT2D eigenvalue weighted by atomic mass is 10.1. The molecule has 1 aromatic rings. The second-order valence-electron chi connectivity index (χ2n) is 5.31. The summed E-state index contributed by atoms with van der Waals surface area (Å²) in [6.45, 7) is 6.70. The van der Waals surface area contributed by atoms with Gasteiger partial charge < -0.3 is 9.88 Å². The number of nitrogens with one attached hydrogen (secondary N) is 1. The van der Waals surface area contributed by atoms with Crippen molar-refractivity contribution in [2.24, 2.45) is 5.92 Å². The van der Waals surface area contributed by atoms with Gasteiger partial charge in [-0.2, -0.15) is 0 Å². The second-order valence-corrected chi connectivity index (χ2v) is 5.31. The predicted molar refractivity (Wildman–Crippen MR) is 73.1 cm³/mol. The maximum atomic E-state index is 3.54. The maximum absolute atomic E-state index is 3.54. The van der Waals surface area contributed by atoms with E-state index in [0.717, 1.165) is 12.5 Å². The van der Waals surface area contributed by atoms with Crippen molar-refractivity contribution in [3.63, 3.8) is 0 Å². The van der Waals surface area contributed by atoms with Gasteiger partial charge in [-0.3, -0.25) is 0 Å². The fourth-order valence-electron chi connectivity index (χ4n) is 3.01. The normalized spacial score (nSPS) is 18.7. The lowest BCUT2D eigenvalue weighted by Gasteiger charge is -2.14. The Hall–Kier alpha value is -0.760. The van der Waals surface area contributed by atoms with Crippen molar-refractivity contribution in [2.75, 3.05) is 6.54 Å². The monoisotopic (exact) mass is 234 g/mol. The molecule has 0 spiro atoms. The van der Waals surface area contributed by atoms with Crippen LogP contribution in [0.4, 0.5) is 0 Å². The van der Waals surface area contributed by atoms with Gasteiger partial charge in [0.05, 0.1) is 0 Å². The van der Waals surface area contributed by atoms with Crippen LogP contribution in [0.1, 0.15) is 57.6 Å². The van der Waals surface area contributed by atoms with E-state index >= 15 is 0 Å². The Morgan fingerprint density at radius 1 is 1.35 bits per heavy atom. The van der Waals surface area contributed by atoms with Gasteiger partial charge >= 0.3 is 0 Å². The van der Waals surface area contributed by atoms with E-state index < -0.39 is 0 Å². The summed E-state index contributed by atoms with van der Waals surface area (Å²) < 4.78 is 2.39. The molecule has 96 valence electrons. The number of hydrogen-bond acceptors (Lipinski definition) is 1. The highest BCUT2D eigenvalue weighted by molar-refractivity contribution is 5.15. The van der Waals surface area contributed by atoms with Crippen molar-refractivity contribution in [2.45, 2.75) is 58.5 Å². The quantitative estimate of drug-likeness (QED) is 0.793. The lowest BCUT2D eigenvalue weighted by molar-refractivity contribution is 0.456. The van der Waals surface area contributed by atoms with Crippen LogP contribution in [-0.2, 0) is 6.54 Å². The Balaban J connectivity index is 1.94. The van der Waals surface area contributed by atoms with Crippen LogP contribution in [0.25, 0.3) is 0 Å². The van der Waals surface area contributed by atoms with Crippen LogP contribution in [0.15, 0.2) is 18.5 Å². The molecule has 0 saturated heterocycles. The lowest BCUT2D eigenvalue weighted by Crippen LogP contribution is -2.19. The molecular weight excluding hydrogens is 208 g/mol. The predicted octanol–water partition coefficient (Wildman–Crippen LogP) is 3.74. The minimum atomic E-state index is 0.532. The van der Waals surface area contributed by atoms with Crippen molar-refractivity contribution in [1.82, 2.24) is 9.88 Å². The zero-order valence-corrected chi connectivity index (χ0v) is 11.3. The average molecular weight is 234 g/mol. The summed E-state index contributed by atoms with van der Waals surface area (Å²) in [5, 5.41) is 3.54. The Labute approximate surface area is 105 Å². The molecule has 17 heavy (non-hydrogen) atoms. The maximum Gasteiger partial charge on any atom is 0.0332 e. The summed E-state index contributed by atoms with van der Waals surface area (Å²) in [5.74, 6) is 0.925. The molecular formula is C15H26N2. The SMILES string of the molecule is CCNC(CC)c1ccn(CC2CCCC2)c1. The van der Waals surface area contributed by atoms with Crippen LogP contribution in [0.5, 0.6) is 0 Å². The molecule has 1 aliphatic rings. The average Bonchev–Trinajstić information content (AvgIpc) is 2.98. The van der Waals surface area contributed by atoms with E-state index in [-0.39, 0.29) is 0 Å². The molecule has 1 atom stereocenters. The molecule has 0 radical (unpaired) electrons. The molecule has 1 aliphatic carbocycles. The van der Waals surface area contributed by atoms with Gasteiger partial charge in [-0.15, -0.1) is 0 Å². The second kappa shape index (κ2) is 6.25. The summed E-state index contributed by atoms with van der Waals surface area (Å²) in [7, 11) is 0. The van der Waals surface area contributed by atoms with Crippen LogP contribution in [0.2, 0.25) is 0 Å². The van der Waals surface area contributed by atoms with Crippen molar-refractivity contribution < 1.29 is 0 Å². The summed E-state index contributed by atoms with van der Waals surface area (Å²) in [5.41, 5.74) is 1.45. The first kappa shape index (κ1) is 12.7. The molecule has 1 saturated carbocycles. The molecule has 2 rings (SSSR count). The number of rotatable bonds is 6. The fraction of sp³-hybridized carbons (Fsp3) is 0.733. The standard InChI is InChI=1S/C15H26N2/c1-3-15(16-4-2)14-9-10-17(12-14)11-13-7-5-6-8-13/h9-10,12-13,15-16H,3-8,11H2,1-2H3. The zero-order chi connectivity index (χ0) is 12.1. The number of hydrogen-bond donors (Lipinski definition) is 1. The molecule has 1 heterocycles. The molecule has 0 aromatic carbocycles. The van der Waals surface area contributed by atoms with Gasteiger partial charge in [0.15, 0.2) is 0 Å². The van der Waals surface area contributed by atoms with Crippen molar-refractivity contribution in [1.29, 1.82) is 0 Å². The van der Waals surface area contributed by atoms with Gasteiger partial charge in [0.2, 0.25) is 0 Å². The van der Waals surface area contributed by atoms with E-state index in [0.29, 0.717) is 6.04 Å². The van der Waals surface area contributed by atoms with Gasteiger partial charge in [-0.05, 0) is 43.4 Å². The Morgan fingerprint density at radius 2 is 2.12 bits per heavy atom. The van der Waals surface area contributed by atoms with Crippen molar-refractivity contribution >= 4 is 0 Å². The third kappa shape index (κ3) is 3.35. The van der Waals surface area contributed by atoms with Crippen LogP contribution >= 0.6 is 0 Å². The molecule has 0 aliphatic heterocycles. The molecule has 1 unspecified atom stereocenters. The van der Waals surface area contributed by atoms with Crippen molar-refractivity contribution in [3.05, 3.63) is 24.0 Å².